The predicted octanol–water partition coefficient (Wildman–Crippen LogP) is 2.53. The zero-order valence-electron chi connectivity index (χ0n) is 8.45. The van der Waals surface area contributed by atoms with Crippen LogP contribution in [0.2, 0.25) is 0 Å². The molecule has 0 saturated heterocycles. The van der Waals surface area contributed by atoms with Gasteiger partial charge in [-0.25, -0.2) is 10.2 Å². The predicted molar refractivity (Wildman–Crippen MR) is 61.9 cm³/mol. The lowest BCUT2D eigenvalue weighted by atomic mass is 10.1. The first-order valence-electron chi connectivity index (χ1n) is 4.27. The second-order valence-corrected chi connectivity index (χ2v) is 3.72. The van der Waals surface area contributed by atoms with Crippen molar-refractivity contribution in [1.29, 1.82) is 0 Å². The highest BCUT2D eigenvalue weighted by Gasteiger charge is 1.99. The van der Waals surface area contributed by atoms with Gasteiger partial charge < -0.3 is 4.74 Å². The van der Waals surface area contributed by atoms with E-state index in [1.807, 2.05) is 24.3 Å². The van der Waals surface area contributed by atoms with E-state index < -0.39 is 6.09 Å². The number of rotatable bonds is 2. The average molecular weight is 271 g/mol. The minimum Gasteiger partial charge on any atom is -0.452 e. The highest BCUT2D eigenvalue weighted by atomic mass is 79.9. The van der Waals surface area contributed by atoms with Gasteiger partial charge in [0.1, 0.15) is 0 Å². The van der Waals surface area contributed by atoms with Crippen LogP contribution in [0.25, 0.3) is 0 Å². The van der Waals surface area contributed by atoms with E-state index in [1.165, 1.54) is 7.11 Å². The standard InChI is InChI=1S/C10H11BrN2O2/c1-7(12-13-10(14)15-2)8-3-5-9(11)6-4-8/h3-6H,1-2H3,(H,13,14). The molecule has 0 saturated carbocycles. The van der Waals surface area contributed by atoms with Gasteiger partial charge in [0.2, 0.25) is 0 Å². The zero-order valence-corrected chi connectivity index (χ0v) is 10.0. The Hall–Kier alpha value is -1.36. The fourth-order valence-electron chi connectivity index (χ4n) is 0.931. The summed E-state index contributed by atoms with van der Waals surface area (Å²) in [5.41, 5.74) is 3.92. The van der Waals surface area contributed by atoms with Crippen LogP contribution >= 0.6 is 15.9 Å². The first-order chi connectivity index (χ1) is 7.13. The number of amides is 1. The summed E-state index contributed by atoms with van der Waals surface area (Å²) < 4.78 is 5.39. The summed E-state index contributed by atoms with van der Waals surface area (Å²) in [6, 6.07) is 7.63. The number of nitrogens with zero attached hydrogens (tertiary/aromatic N) is 1. The highest BCUT2D eigenvalue weighted by molar-refractivity contribution is 9.10. The Bertz CT molecular complexity index is 374. The molecule has 1 amide bonds. The van der Waals surface area contributed by atoms with Crippen molar-refractivity contribution in [3.63, 3.8) is 0 Å². The van der Waals surface area contributed by atoms with Gasteiger partial charge >= 0.3 is 6.09 Å². The third-order valence-corrected chi connectivity index (χ3v) is 2.29. The zero-order chi connectivity index (χ0) is 11.3. The van der Waals surface area contributed by atoms with E-state index in [0.29, 0.717) is 5.71 Å². The molecular weight excluding hydrogens is 260 g/mol. The van der Waals surface area contributed by atoms with Crippen LogP contribution in [0.3, 0.4) is 0 Å². The fourth-order valence-corrected chi connectivity index (χ4v) is 1.20. The van der Waals surface area contributed by atoms with E-state index in [-0.39, 0.29) is 0 Å². The number of hydrogen-bond donors (Lipinski definition) is 1. The molecule has 1 rings (SSSR count). The van der Waals surface area contributed by atoms with Gasteiger partial charge in [-0.1, -0.05) is 28.1 Å². The molecule has 0 aromatic heterocycles. The van der Waals surface area contributed by atoms with E-state index in [2.05, 4.69) is 31.2 Å². The molecule has 1 aromatic rings. The van der Waals surface area contributed by atoms with Gasteiger partial charge in [0, 0.05) is 4.47 Å². The molecule has 0 fully saturated rings. The number of hydrazone groups is 1. The minimum absolute atomic E-state index is 0.577. The van der Waals surface area contributed by atoms with Crippen LogP contribution < -0.4 is 5.43 Å². The first kappa shape index (κ1) is 11.7. The fraction of sp³-hybridized carbons (Fsp3) is 0.200. The van der Waals surface area contributed by atoms with Crippen molar-refractivity contribution in [3.05, 3.63) is 34.3 Å². The molecule has 0 atom stereocenters. The number of benzene rings is 1. The first-order valence-corrected chi connectivity index (χ1v) is 5.07. The van der Waals surface area contributed by atoms with E-state index in [4.69, 9.17) is 0 Å². The van der Waals surface area contributed by atoms with Crippen molar-refractivity contribution in [2.24, 2.45) is 5.10 Å². The van der Waals surface area contributed by atoms with Crippen LogP contribution in [-0.4, -0.2) is 18.9 Å². The van der Waals surface area contributed by atoms with Gasteiger partial charge in [-0.15, -0.1) is 0 Å². The SMILES string of the molecule is COC(=O)NN=C(C)c1ccc(Br)cc1. The lowest BCUT2D eigenvalue weighted by Crippen LogP contribution is -2.18. The number of ether oxygens (including phenoxy) is 1. The third kappa shape index (κ3) is 3.71. The van der Waals surface area contributed by atoms with Crippen LogP contribution in [0, 0.1) is 0 Å². The minimum atomic E-state index is -0.577. The van der Waals surface area contributed by atoms with Gasteiger partial charge in [0.05, 0.1) is 12.8 Å². The molecule has 80 valence electrons. The van der Waals surface area contributed by atoms with E-state index in [9.17, 15) is 4.79 Å². The summed E-state index contributed by atoms with van der Waals surface area (Å²) in [5, 5.41) is 3.87. The van der Waals surface area contributed by atoms with Gasteiger partial charge in [-0.05, 0) is 24.6 Å². The molecule has 0 radical (unpaired) electrons. The van der Waals surface area contributed by atoms with Crippen molar-refractivity contribution in [2.75, 3.05) is 7.11 Å². The summed E-state index contributed by atoms with van der Waals surface area (Å²) in [6.45, 7) is 1.80. The van der Waals surface area contributed by atoms with Crippen LogP contribution in [0.5, 0.6) is 0 Å². The van der Waals surface area contributed by atoms with Crippen molar-refractivity contribution in [2.45, 2.75) is 6.92 Å². The Labute approximate surface area is 96.4 Å². The van der Waals surface area contributed by atoms with E-state index in [0.717, 1.165) is 10.0 Å². The monoisotopic (exact) mass is 270 g/mol. The summed E-state index contributed by atoms with van der Waals surface area (Å²) in [6.07, 6.45) is -0.577. The number of carbonyl (C=O) groups is 1. The smallest absolute Gasteiger partial charge is 0.427 e. The largest absolute Gasteiger partial charge is 0.452 e. The summed E-state index contributed by atoms with van der Waals surface area (Å²) in [7, 11) is 1.29. The van der Waals surface area contributed by atoms with Crippen LogP contribution in [-0.2, 0) is 4.74 Å². The van der Waals surface area contributed by atoms with E-state index in [1.54, 1.807) is 6.92 Å². The maximum Gasteiger partial charge on any atom is 0.427 e. The highest BCUT2D eigenvalue weighted by Crippen LogP contribution is 2.10. The van der Waals surface area contributed by atoms with Gasteiger partial charge in [0.25, 0.3) is 0 Å². The maximum atomic E-state index is 10.8. The normalized spacial score (nSPS) is 11.0. The number of halogens is 1. The lowest BCUT2D eigenvalue weighted by Gasteiger charge is -2.01. The molecule has 5 heteroatoms. The quantitative estimate of drug-likeness (QED) is 0.663. The van der Waals surface area contributed by atoms with Gasteiger partial charge in [-0.3, -0.25) is 0 Å². The Morgan fingerprint density at radius 2 is 2.00 bits per heavy atom. The molecule has 1 N–H and O–H groups in total. The van der Waals surface area contributed by atoms with Crippen molar-refractivity contribution in [3.8, 4) is 0 Å². The van der Waals surface area contributed by atoms with Crippen molar-refractivity contribution in [1.82, 2.24) is 5.43 Å². The lowest BCUT2D eigenvalue weighted by molar-refractivity contribution is 0.171. The summed E-state index contributed by atoms with van der Waals surface area (Å²) in [5.74, 6) is 0. The van der Waals surface area contributed by atoms with Crippen molar-refractivity contribution >= 4 is 27.7 Å². The topological polar surface area (TPSA) is 50.7 Å². The van der Waals surface area contributed by atoms with Crippen molar-refractivity contribution < 1.29 is 9.53 Å². The molecule has 0 unspecified atom stereocenters. The Morgan fingerprint density at radius 1 is 1.40 bits per heavy atom. The average Bonchev–Trinajstić information content (AvgIpc) is 2.26. The Kier molecular flexibility index (Phi) is 4.30. The molecule has 1 aromatic carbocycles. The Morgan fingerprint density at radius 3 is 2.53 bits per heavy atom. The van der Waals surface area contributed by atoms with Crippen LogP contribution in [0.1, 0.15) is 12.5 Å². The Balaban J connectivity index is 2.71. The molecule has 4 nitrogen and oxygen atoms in total. The van der Waals surface area contributed by atoms with Crippen LogP contribution in [0.4, 0.5) is 4.79 Å². The summed E-state index contributed by atoms with van der Waals surface area (Å²) >= 11 is 3.34. The molecule has 0 spiro atoms. The number of carbonyl (C=O) groups excluding carboxylic acids is 1. The van der Waals surface area contributed by atoms with Gasteiger partial charge in [0.15, 0.2) is 0 Å². The number of nitrogens with one attached hydrogen (secondary N) is 1. The second kappa shape index (κ2) is 5.50. The second-order valence-electron chi connectivity index (χ2n) is 2.81. The number of hydrogen-bond acceptors (Lipinski definition) is 3. The molecular formula is C10H11BrN2O2. The number of methoxy groups -OCH3 is 1. The molecule has 0 bridgehead atoms. The van der Waals surface area contributed by atoms with Crippen LogP contribution in [0.15, 0.2) is 33.8 Å². The molecule has 0 aliphatic rings. The summed E-state index contributed by atoms with van der Waals surface area (Å²) in [4.78, 5) is 10.8. The van der Waals surface area contributed by atoms with E-state index >= 15 is 0 Å². The van der Waals surface area contributed by atoms with Gasteiger partial charge in [-0.2, -0.15) is 5.10 Å². The third-order valence-electron chi connectivity index (χ3n) is 1.76. The molecule has 0 aliphatic carbocycles. The molecule has 15 heavy (non-hydrogen) atoms. The molecule has 0 aliphatic heterocycles. The maximum absolute atomic E-state index is 10.8. The molecule has 0 heterocycles.